The van der Waals surface area contributed by atoms with Crippen LogP contribution in [0, 0.1) is 17.3 Å². The van der Waals surface area contributed by atoms with Crippen molar-refractivity contribution in [2.45, 2.75) is 82.9 Å². The molecule has 2 unspecified atom stereocenters. The summed E-state index contributed by atoms with van der Waals surface area (Å²) in [6.45, 7) is 8.22. The summed E-state index contributed by atoms with van der Waals surface area (Å²) in [5, 5.41) is 3.04. The van der Waals surface area contributed by atoms with Gasteiger partial charge in [-0.1, -0.05) is 45.9 Å². The van der Waals surface area contributed by atoms with Gasteiger partial charge in [-0.15, -0.1) is 11.6 Å². The molecule has 0 heterocycles. The number of carbonyl (C=O) groups excluding carboxylic acids is 2. The highest BCUT2D eigenvalue weighted by molar-refractivity contribution is 6.24. The summed E-state index contributed by atoms with van der Waals surface area (Å²) in [4.78, 5) is 25.6. The Labute approximate surface area is 185 Å². The Balaban J connectivity index is 1.43. The fraction of sp³-hybridized carbons (Fsp3) is 0.680. The summed E-state index contributed by atoms with van der Waals surface area (Å²) < 4.78 is 5.60. The Hall–Kier alpha value is -1.55. The van der Waals surface area contributed by atoms with Crippen molar-refractivity contribution in [3.8, 4) is 0 Å². The maximum atomic E-state index is 13.1. The topological polar surface area (TPSA) is 55.4 Å². The lowest BCUT2D eigenvalue weighted by molar-refractivity contribution is -0.171. The summed E-state index contributed by atoms with van der Waals surface area (Å²) in [6, 6.07) is 6.14. The molecular formula is C25H34ClNO3. The van der Waals surface area contributed by atoms with Gasteiger partial charge in [-0.05, 0) is 73.3 Å². The van der Waals surface area contributed by atoms with Crippen molar-refractivity contribution < 1.29 is 14.3 Å². The van der Waals surface area contributed by atoms with E-state index in [9.17, 15) is 9.59 Å². The van der Waals surface area contributed by atoms with Crippen molar-refractivity contribution in [3.63, 3.8) is 0 Å². The Kier molecular flexibility index (Phi) is 5.67. The fourth-order valence-electron chi connectivity index (χ4n) is 6.54. The third kappa shape index (κ3) is 4.00. The van der Waals surface area contributed by atoms with Crippen molar-refractivity contribution in [2.75, 3.05) is 11.9 Å². The molecule has 4 aliphatic carbocycles. The minimum atomic E-state index is -0.481. The van der Waals surface area contributed by atoms with Crippen LogP contribution < -0.4 is 5.32 Å². The van der Waals surface area contributed by atoms with Gasteiger partial charge < -0.3 is 10.1 Å². The minimum absolute atomic E-state index is 0.224. The third-order valence-electron chi connectivity index (χ3n) is 7.39. The van der Waals surface area contributed by atoms with Crippen LogP contribution in [-0.4, -0.2) is 23.4 Å². The summed E-state index contributed by atoms with van der Waals surface area (Å²) in [6.07, 6.45) is 5.66. The lowest BCUT2D eigenvalue weighted by Crippen LogP contribution is -2.56. The van der Waals surface area contributed by atoms with E-state index in [4.69, 9.17) is 16.3 Å². The largest absolute Gasteiger partial charge is 0.455 e. The van der Waals surface area contributed by atoms with E-state index >= 15 is 0 Å². The first-order chi connectivity index (χ1) is 14.1. The van der Waals surface area contributed by atoms with Gasteiger partial charge in [0.05, 0.1) is 5.41 Å². The van der Waals surface area contributed by atoms with Crippen LogP contribution in [0.3, 0.4) is 0 Å². The average molecular weight is 432 g/mol. The van der Waals surface area contributed by atoms with Gasteiger partial charge in [0, 0.05) is 10.6 Å². The summed E-state index contributed by atoms with van der Waals surface area (Å²) >= 11 is 6.84. The van der Waals surface area contributed by atoms with Crippen LogP contribution in [0.5, 0.6) is 0 Å². The molecule has 1 aromatic carbocycles. The number of anilines is 1. The summed E-state index contributed by atoms with van der Waals surface area (Å²) in [5.41, 5.74) is 2.58. The van der Waals surface area contributed by atoms with Crippen LogP contribution in [0.25, 0.3) is 0 Å². The molecule has 1 aromatic rings. The first-order valence-corrected chi connectivity index (χ1v) is 11.8. The first-order valence-electron chi connectivity index (χ1n) is 11.4. The number of para-hydroxylation sites is 1. The van der Waals surface area contributed by atoms with Gasteiger partial charge in [0.15, 0.2) is 6.61 Å². The molecule has 4 bridgehead atoms. The molecule has 164 valence electrons. The van der Waals surface area contributed by atoms with E-state index in [0.717, 1.165) is 42.5 Å². The molecule has 4 atom stereocenters. The van der Waals surface area contributed by atoms with Crippen LogP contribution in [-0.2, 0) is 14.3 Å². The predicted molar refractivity (Wildman–Crippen MR) is 120 cm³/mol. The summed E-state index contributed by atoms with van der Waals surface area (Å²) in [5.74, 6) is 1.12. The number of esters is 1. The quantitative estimate of drug-likeness (QED) is 0.444. The van der Waals surface area contributed by atoms with Crippen LogP contribution in [0.4, 0.5) is 5.69 Å². The van der Waals surface area contributed by atoms with E-state index in [1.165, 1.54) is 6.42 Å². The molecule has 5 heteroatoms. The molecule has 0 radical (unpaired) electrons. The molecule has 0 spiro atoms. The highest BCUT2D eigenvalue weighted by Gasteiger charge is 2.60. The number of amides is 1. The molecule has 5 rings (SSSR count). The van der Waals surface area contributed by atoms with Gasteiger partial charge in [0.1, 0.15) is 0 Å². The van der Waals surface area contributed by atoms with E-state index in [1.54, 1.807) is 0 Å². The molecule has 1 amide bonds. The molecule has 0 aliphatic heterocycles. The SMILES string of the molecule is CC(C)c1cccc(C(C)C)c1NC(=O)COC(=O)C12C[C@@H]3C[C@@H](CC(Cl)(C3)C1)C2. The molecule has 0 aromatic heterocycles. The van der Waals surface area contributed by atoms with Gasteiger partial charge in [0.25, 0.3) is 5.91 Å². The maximum Gasteiger partial charge on any atom is 0.312 e. The number of nitrogens with one attached hydrogen (secondary N) is 1. The van der Waals surface area contributed by atoms with Crippen molar-refractivity contribution in [1.82, 2.24) is 0 Å². The molecule has 1 N–H and O–H groups in total. The average Bonchev–Trinajstić information content (AvgIpc) is 2.63. The highest BCUT2D eigenvalue weighted by atomic mass is 35.5. The second-order valence-corrected chi connectivity index (χ2v) is 11.4. The minimum Gasteiger partial charge on any atom is -0.455 e. The lowest BCUT2D eigenvalue weighted by atomic mass is 9.49. The van der Waals surface area contributed by atoms with Crippen molar-refractivity contribution >= 4 is 29.2 Å². The Morgan fingerprint density at radius 3 is 2.13 bits per heavy atom. The number of hydrogen-bond donors (Lipinski definition) is 1. The number of ether oxygens (including phenoxy) is 1. The van der Waals surface area contributed by atoms with Crippen LogP contribution in [0.15, 0.2) is 18.2 Å². The molecule has 4 aliphatic rings. The van der Waals surface area contributed by atoms with Crippen LogP contribution >= 0.6 is 11.6 Å². The van der Waals surface area contributed by atoms with Gasteiger partial charge in [-0.25, -0.2) is 0 Å². The molecular weight excluding hydrogens is 398 g/mol. The zero-order valence-corrected chi connectivity index (χ0v) is 19.3. The third-order valence-corrected chi connectivity index (χ3v) is 7.84. The second kappa shape index (κ2) is 7.85. The number of carbonyl (C=O) groups is 2. The van der Waals surface area contributed by atoms with Crippen LogP contribution in [0.1, 0.15) is 89.2 Å². The number of halogens is 1. The van der Waals surface area contributed by atoms with E-state index in [-0.39, 0.29) is 35.2 Å². The van der Waals surface area contributed by atoms with Crippen molar-refractivity contribution in [2.24, 2.45) is 17.3 Å². The molecule has 4 saturated carbocycles. The standard InChI is InChI=1S/C25H34ClNO3/c1-15(2)19-6-5-7-20(16(3)4)22(19)27-21(28)13-30-23(29)24-9-17-8-18(10-24)12-25(26,11-17)14-24/h5-7,15-18H,8-14H2,1-4H3,(H,27,28)/t17-,18+,24?,25?. The maximum absolute atomic E-state index is 13.1. The number of benzene rings is 1. The van der Waals surface area contributed by atoms with Crippen LogP contribution in [0.2, 0.25) is 0 Å². The highest BCUT2D eigenvalue weighted by Crippen LogP contribution is 2.64. The molecule has 4 nitrogen and oxygen atoms in total. The number of rotatable bonds is 6. The Bertz CT molecular complexity index is 807. The lowest BCUT2D eigenvalue weighted by Gasteiger charge is -2.58. The Morgan fingerprint density at radius 2 is 1.63 bits per heavy atom. The van der Waals surface area contributed by atoms with Crippen molar-refractivity contribution in [1.29, 1.82) is 0 Å². The van der Waals surface area contributed by atoms with Crippen molar-refractivity contribution in [3.05, 3.63) is 29.3 Å². The zero-order valence-electron chi connectivity index (χ0n) is 18.6. The molecule has 30 heavy (non-hydrogen) atoms. The van der Waals surface area contributed by atoms with E-state index in [2.05, 4.69) is 33.0 Å². The predicted octanol–water partition coefficient (Wildman–Crippen LogP) is 5.99. The number of alkyl halides is 1. The van der Waals surface area contributed by atoms with E-state index in [1.807, 2.05) is 18.2 Å². The van der Waals surface area contributed by atoms with Gasteiger partial charge in [0.2, 0.25) is 0 Å². The first kappa shape index (κ1) is 21.7. The van der Waals surface area contributed by atoms with E-state index in [0.29, 0.717) is 18.3 Å². The monoisotopic (exact) mass is 431 g/mol. The fourth-order valence-corrected chi connectivity index (χ4v) is 7.24. The smallest absolute Gasteiger partial charge is 0.312 e. The normalized spacial score (nSPS) is 32.0. The molecule has 0 saturated heterocycles. The Morgan fingerprint density at radius 1 is 1.07 bits per heavy atom. The zero-order chi connectivity index (χ0) is 21.7. The van der Waals surface area contributed by atoms with Gasteiger partial charge >= 0.3 is 5.97 Å². The van der Waals surface area contributed by atoms with Gasteiger partial charge in [-0.2, -0.15) is 0 Å². The van der Waals surface area contributed by atoms with Gasteiger partial charge in [-0.3, -0.25) is 9.59 Å². The molecule has 4 fully saturated rings. The summed E-state index contributed by atoms with van der Waals surface area (Å²) in [7, 11) is 0. The number of hydrogen-bond acceptors (Lipinski definition) is 3. The van der Waals surface area contributed by atoms with E-state index < -0.39 is 5.41 Å². The second-order valence-electron chi connectivity index (χ2n) is 10.6.